The first-order chi connectivity index (χ1) is 22.7. The number of benzene rings is 3. The van der Waals surface area contributed by atoms with Gasteiger partial charge >= 0.3 is 0 Å². The Morgan fingerprint density at radius 2 is 1.60 bits per heavy atom. The molecule has 2 aromatic heterocycles. The zero-order chi connectivity index (χ0) is 33.1. The highest BCUT2D eigenvalue weighted by molar-refractivity contribution is 5.71. The van der Waals surface area contributed by atoms with Gasteiger partial charge in [0.15, 0.2) is 23.6 Å². The topological polar surface area (TPSA) is 136 Å². The number of hydrogen-bond donors (Lipinski definition) is 2. The Bertz CT molecular complexity index is 1850. The van der Waals surface area contributed by atoms with E-state index in [1.54, 1.807) is 33.2 Å². The summed E-state index contributed by atoms with van der Waals surface area (Å²) < 4.78 is 41.0. The van der Waals surface area contributed by atoms with Crippen molar-refractivity contribution in [1.82, 2.24) is 24.4 Å². The molecule has 0 amide bonds. The third kappa shape index (κ3) is 6.08. The maximum Gasteiger partial charge on any atom is 0.280 e. The number of hydrogen-bond acceptors (Lipinski definition) is 9. The molecule has 12 nitrogen and oxygen atoms in total. The van der Waals surface area contributed by atoms with E-state index in [9.17, 15) is 9.90 Å². The number of halogens is 1. The number of aliphatic hydroxyl groups excluding tert-OH is 1. The van der Waals surface area contributed by atoms with Crippen molar-refractivity contribution in [2.45, 2.75) is 30.2 Å². The summed E-state index contributed by atoms with van der Waals surface area (Å²) in [7, 11) is 6.72. The van der Waals surface area contributed by atoms with Crippen LogP contribution in [0.5, 0.6) is 11.5 Å². The number of fused-ring (bicyclic) bond motifs is 1. The van der Waals surface area contributed by atoms with Gasteiger partial charge in [-0.05, 0) is 41.0 Å². The Balaban J connectivity index is 1.37. The second-order valence-electron chi connectivity index (χ2n) is 11.2. The number of imidazole rings is 1. The smallest absolute Gasteiger partial charge is 0.280 e. The van der Waals surface area contributed by atoms with Gasteiger partial charge in [0.1, 0.15) is 29.3 Å². The van der Waals surface area contributed by atoms with Crippen molar-refractivity contribution in [1.29, 1.82) is 0 Å². The van der Waals surface area contributed by atoms with Gasteiger partial charge in [0.25, 0.3) is 5.56 Å². The second-order valence-corrected chi connectivity index (χ2v) is 11.2. The summed E-state index contributed by atoms with van der Waals surface area (Å²) in [5.41, 5.74) is 0.641. The zero-order valence-corrected chi connectivity index (χ0v) is 26.3. The van der Waals surface area contributed by atoms with E-state index < -0.39 is 35.8 Å². The molecule has 5 aromatic rings. The van der Waals surface area contributed by atoms with E-state index in [0.29, 0.717) is 11.5 Å². The van der Waals surface area contributed by atoms with Crippen LogP contribution in [0.15, 0.2) is 95.0 Å². The largest absolute Gasteiger partial charge is 0.497 e. The highest BCUT2D eigenvalue weighted by Crippen LogP contribution is 2.43. The van der Waals surface area contributed by atoms with E-state index >= 15 is 4.39 Å². The molecule has 1 aliphatic heterocycles. The zero-order valence-electron chi connectivity index (χ0n) is 26.3. The molecule has 1 saturated heterocycles. The van der Waals surface area contributed by atoms with Crippen LogP contribution in [0, 0.1) is 0 Å². The van der Waals surface area contributed by atoms with Gasteiger partial charge in [0.05, 0.1) is 33.5 Å². The molecule has 0 saturated carbocycles. The minimum atomic E-state index is -1.89. The molecule has 0 bridgehead atoms. The molecule has 0 radical (unpaired) electrons. The maximum atomic E-state index is 15.9. The Morgan fingerprint density at radius 1 is 1.00 bits per heavy atom. The van der Waals surface area contributed by atoms with Crippen LogP contribution < -0.4 is 15.0 Å². The van der Waals surface area contributed by atoms with E-state index in [2.05, 4.69) is 19.9 Å². The van der Waals surface area contributed by atoms with Gasteiger partial charge in [-0.3, -0.25) is 14.3 Å². The number of rotatable bonds is 11. The molecular formula is C34H35FN6O6. The Labute approximate surface area is 270 Å². The first kappa shape index (κ1) is 31.9. The van der Waals surface area contributed by atoms with E-state index in [1.807, 2.05) is 78.9 Å². The first-order valence-electron chi connectivity index (χ1n) is 14.9. The second kappa shape index (κ2) is 13.3. The summed E-state index contributed by atoms with van der Waals surface area (Å²) in [5.74, 6) is 1.34. The third-order valence-corrected chi connectivity index (χ3v) is 8.04. The lowest BCUT2D eigenvalue weighted by Gasteiger charge is -2.37. The lowest BCUT2D eigenvalue weighted by Crippen LogP contribution is -2.39. The quantitative estimate of drug-likeness (QED) is 0.125. The minimum absolute atomic E-state index is 0.0124. The summed E-state index contributed by atoms with van der Waals surface area (Å²) in [4.78, 5) is 29.6. The summed E-state index contributed by atoms with van der Waals surface area (Å²) in [6.45, 7) is -0.204. The molecule has 0 aliphatic carbocycles. The van der Waals surface area contributed by atoms with Crippen LogP contribution in [0.4, 0.5) is 10.3 Å². The summed E-state index contributed by atoms with van der Waals surface area (Å²) >= 11 is 0. The highest BCUT2D eigenvalue weighted by atomic mass is 19.1. The Hall–Kier alpha value is -5.11. The average Bonchev–Trinajstić information content (AvgIpc) is 3.65. The van der Waals surface area contributed by atoms with Gasteiger partial charge in [-0.15, -0.1) is 0 Å². The van der Waals surface area contributed by atoms with Crippen molar-refractivity contribution in [2.24, 2.45) is 4.99 Å². The van der Waals surface area contributed by atoms with Gasteiger partial charge in [0, 0.05) is 14.1 Å². The third-order valence-electron chi connectivity index (χ3n) is 8.04. The molecule has 0 unspecified atom stereocenters. The van der Waals surface area contributed by atoms with Crippen LogP contribution in [0.2, 0.25) is 0 Å². The number of methoxy groups -OCH3 is 2. The first-order valence-corrected chi connectivity index (χ1v) is 14.9. The van der Waals surface area contributed by atoms with Crippen molar-refractivity contribution in [2.75, 3.05) is 34.9 Å². The van der Waals surface area contributed by atoms with Crippen LogP contribution in [0.3, 0.4) is 0 Å². The van der Waals surface area contributed by atoms with Crippen LogP contribution in [0.1, 0.15) is 22.9 Å². The van der Waals surface area contributed by atoms with Gasteiger partial charge < -0.3 is 29.0 Å². The van der Waals surface area contributed by atoms with Crippen molar-refractivity contribution < 1.29 is 28.4 Å². The number of aliphatic imine (C=N–C) groups is 1. The molecule has 6 rings (SSSR count). The fraction of sp³-hybridized carbons (Fsp3) is 0.294. The van der Waals surface area contributed by atoms with Gasteiger partial charge in [-0.1, -0.05) is 54.6 Å². The van der Waals surface area contributed by atoms with Crippen molar-refractivity contribution >= 4 is 23.5 Å². The Morgan fingerprint density at radius 3 is 2.17 bits per heavy atom. The summed E-state index contributed by atoms with van der Waals surface area (Å²) in [5, 5.41) is 11.1. The maximum absolute atomic E-state index is 15.9. The lowest BCUT2D eigenvalue weighted by molar-refractivity contribution is -0.0935. The fourth-order valence-electron chi connectivity index (χ4n) is 5.68. The van der Waals surface area contributed by atoms with Crippen LogP contribution in [-0.4, -0.2) is 89.2 Å². The molecule has 2 N–H and O–H groups in total. The average molecular weight is 643 g/mol. The molecule has 13 heteroatoms. The van der Waals surface area contributed by atoms with E-state index in [0.717, 1.165) is 16.7 Å². The van der Waals surface area contributed by atoms with Crippen molar-refractivity contribution in [3.8, 4) is 11.5 Å². The van der Waals surface area contributed by atoms with Crippen LogP contribution >= 0.6 is 0 Å². The molecule has 1 aliphatic rings. The van der Waals surface area contributed by atoms with E-state index in [4.69, 9.17) is 18.9 Å². The predicted octanol–water partition coefficient (Wildman–Crippen LogP) is 3.96. The van der Waals surface area contributed by atoms with E-state index in [-0.39, 0.29) is 23.7 Å². The normalized spacial score (nSPS) is 19.8. The molecule has 244 valence electrons. The summed E-state index contributed by atoms with van der Waals surface area (Å²) in [6.07, 6.45) is -3.15. The van der Waals surface area contributed by atoms with Crippen LogP contribution in [-0.2, 0) is 15.1 Å². The standard InChI is InChI=1S/C34H35FN6O6/c1-40(2)19-37-33-38-30-28(31(43)39-33)36-20-41(30)32-27(35)29(42)26(47-32)18-46-34(21-8-6-5-7-9-21,22-10-14-24(44-3)15-11-22)23-12-16-25(45-4)17-13-23/h5-17,19-20,26-27,29,32,42H,18H2,1-4H3,(H,38,39,43)/t26-,27-,29-,32-/m1/s1. The number of ether oxygens (including phenoxy) is 4. The molecule has 4 atom stereocenters. The van der Waals surface area contributed by atoms with Gasteiger partial charge in [0.2, 0.25) is 5.95 Å². The SMILES string of the molecule is COc1ccc(C(OC[C@H]2O[C@@H](n3cnc4c(=O)[nH]c(N=CN(C)C)nc43)[C@H](F)[C@@H]2O)(c2ccccc2)c2ccc(OC)cc2)cc1. The minimum Gasteiger partial charge on any atom is -0.497 e. The van der Waals surface area contributed by atoms with E-state index in [1.165, 1.54) is 17.2 Å². The molecule has 3 aromatic carbocycles. The van der Waals surface area contributed by atoms with Gasteiger partial charge in [-0.2, -0.15) is 4.98 Å². The number of aliphatic hydroxyl groups is 1. The molecule has 1 fully saturated rings. The number of H-pyrrole nitrogens is 1. The molecule has 0 spiro atoms. The number of nitrogens with one attached hydrogen (secondary N) is 1. The number of aromatic nitrogens is 4. The Kier molecular flexibility index (Phi) is 9.03. The monoisotopic (exact) mass is 642 g/mol. The predicted molar refractivity (Wildman–Crippen MR) is 173 cm³/mol. The van der Waals surface area contributed by atoms with Crippen molar-refractivity contribution in [3.63, 3.8) is 0 Å². The number of aromatic amines is 1. The molecule has 47 heavy (non-hydrogen) atoms. The number of nitrogens with zero attached hydrogens (tertiary/aromatic N) is 5. The summed E-state index contributed by atoms with van der Waals surface area (Å²) in [6, 6.07) is 24.6. The fourth-order valence-corrected chi connectivity index (χ4v) is 5.68. The molecule has 3 heterocycles. The number of alkyl halides is 1. The molecular weight excluding hydrogens is 607 g/mol. The lowest BCUT2D eigenvalue weighted by atomic mass is 9.80. The van der Waals surface area contributed by atoms with Crippen LogP contribution in [0.25, 0.3) is 11.2 Å². The highest BCUT2D eigenvalue weighted by Gasteiger charge is 2.48. The van der Waals surface area contributed by atoms with Crippen molar-refractivity contribution in [3.05, 3.63) is 112 Å². The van der Waals surface area contributed by atoms with Gasteiger partial charge in [-0.25, -0.2) is 14.4 Å².